The molecule has 0 bridgehead atoms. The van der Waals surface area contributed by atoms with Gasteiger partial charge in [-0.25, -0.2) is 0 Å². The Morgan fingerprint density at radius 2 is 2.21 bits per heavy atom. The van der Waals surface area contributed by atoms with Crippen molar-refractivity contribution in [1.29, 1.82) is 0 Å². The molecular weight excluding hydrogens is 258 g/mol. The van der Waals surface area contributed by atoms with Gasteiger partial charge in [-0.2, -0.15) is 0 Å². The van der Waals surface area contributed by atoms with Crippen LogP contribution in [0.1, 0.15) is 32.3 Å². The molecule has 1 aliphatic heterocycles. The van der Waals surface area contributed by atoms with Crippen LogP contribution in [0.4, 0.5) is 0 Å². The lowest BCUT2D eigenvalue weighted by Crippen LogP contribution is -2.30. The second-order valence-corrected chi connectivity index (χ2v) is 6.36. The molecule has 106 valence electrons. The standard InChI is InChI=1S/C16H24ClNO/c1-11(2)8-16(13-6-7-18-10-13)19-14-4-5-15(17)12(3)9-14/h4-5,9,11,13,16,18H,6-8,10H2,1-3H3/t13?,16-/m1/s1. The molecule has 19 heavy (non-hydrogen) atoms. The molecule has 1 aromatic rings. The highest BCUT2D eigenvalue weighted by molar-refractivity contribution is 6.31. The molecule has 1 unspecified atom stereocenters. The fourth-order valence-corrected chi connectivity index (χ4v) is 2.78. The number of aryl methyl sites for hydroxylation is 1. The van der Waals surface area contributed by atoms with Gasteiger partial charge in [-0.3, -0.25) is 0 Å². The number of hydrogen-bond donors (Lipinski definition) is 1. The molecule has 1 aliphatic rings. The molecule has 0 saturated carbocycles. The van der Waals surface area contributed by atoms with Gasteiger partial charge < -0.3 is 10.1 Å². The molecule has 0 spiro atoms. The number of ether oxygens (including phenoxy) is 1. The molecule has 2 atom stereocenters. The Balaban J connectivity index is 2.07. The minimum Gasteiger partial charge on any atom is -0.490 e. The van der Waals surface area contributed by atoms with Crippen LogP contribution in [-0.4, -0.2) is 19.2 Å². The largest absolute Gasteiger partial charge is 0.490 e. The van der Waals surface area contributed by atoms with Crippen molar-refractivity contribution < 1.29 is 4.74 Å². The monoisotopic (exact) mass is 281 g/mol. The zero-order chi connectivity index (χ0) is 13.8. The van der Waals surface area contributed by atoms with E-state index in [1.807, 2.05) is 25.1 Å². The normalized spacial score (nSPS) is 20.8. The van der Waals surface area contributed by atoms with E-state index in [0.29, 0.717) is 17.9 Å². The van der Waals surface area contributed by atoms with Crippen molar-refractivity contribution in [2.75, 3.05) is 13.1 Å². The fraction of sp³-hybridized carbons (Fsp3) is 0.625. The molecule has 1 fully saturated rings. The summed E-state index contributed by atoms with van der Waals surface area (Å²) in [5, 5.41) is 4.23. The van der Waals surface area contributed by atoms with Gasteiger partial charge in [0.25, 0.3) is 0 Å². The van der Waals surface area contributed by atoms with Crippen LogP contribution in [-0.2, 0) is 0 Å². The SMILES string of the molecule is Cc1cc(O[C@H](CC(C)C)C2CCNC2)ccc1Cl. The first kappa shape index (κ1) is 14.7. The Labute approximate surface area is 121 Å². The third-order valence-electron chi connectivity index (χ3n) is 3.74. The number of hydrogen-bond acceptors (Lipinski definition) is 2. The lowest BCUT2D eigenvalue weighted by molar-refractivity contribution is 0.119. The van der Waals surface area contributed by atoms with Crippen LogP contribution in [0.3, 0.4) is 0 Å². The third-order valence-corrected chi connectivity index (χ3v) is 4.17. The third kappa shape index (κ3) is 4.12. The van der Waals surface area contributed by atoms with Crippen molar-refractivity contribution in [3.63, 3.8) is 0 Å². The van der Waals surface area contributed by atoms with Crippen LogP contribution in [0.2, 0.25) is 5.02 Å². The highest BCUT2D eigenvalue weighted by Crippen LogP contribution is 2.27. The summed E-state index contributed by atoms with van der Waals surface area (Å²) in [6, 6.07) is 5.94. The van der Waals surface area contributed by atoms with Crippen LogP contribution in [0.15, 0.2) is 18.2 Å². The van der Waals surface area contributed by atoms with Gasteiger partial charge in [-0.1, -0.05) is 25.4 Å². The van der Waals surface area contributed by atoms with Gasteiger partial charge in [0.2, 0.25) is 0 Å². The van der Waals surface area contributed by atoms with Gasteiger partial charge in [0.15, 0.2) is 0 Å². The Bertz CT molecular complexity index is 413. The smallest absolute Gasteiger partial charge is 0.120 e. The predicted octanol–water partition coefficient (Wildman–Crippen LogP) is 4.05. The second-order valence-electron chi connectivity index (χ2n) is 5.95. The maximum absolute atomic E-state index is 6.25. The Morgan fingerprint density at radius 3 is 2.79 bits per heavy atom. The van der Waals surface area contributed by atoms with E-state index in [2.05, 4.69) is 19.2 Å². The summed E-state index contributed by atoms with van der Waals surface area (Å²) in [5.41, 5.74) is 1.08. The summed E-state index contributed by atoms with van der Waals surface area (Å²) in [7, 11) is 0. The van der Waals surface area contributed by atoms with Crippen molar-refractivity contribution in [3.8, 4) is 5.75 Å². The molecule has 1 N–H and O–H groups in total. The van der Waals surface area contributed by atoms with E-state index in [-0.39, 0.29) is 0 Å². The van der Waals surface area contributed by atoms with Crippen molar-refractivity contribution in [3.05, 3.63) is 28.8 Å². The Hall–Kier alpha value is -0.730. The molecule has 2 nitrogen and oxygen atoms in total. The average molecular weight is 282 g/mol. The van der Waals surface area contributed by atoms with Gasteiger partial charge in [-0.05, 0) is 56.0 Å². The molecule has 0 aromatic heterocycles. The van der Waals surface area contributed by atoms with Gasteiger partial charge in [0, 0.05) is 17.5 Å². The van der Waals surface area contributed by atoms with Crippen LogP contribution < -0.4 is 10.1 Å². The summed E-state index contributed by atoms with van der Waals surface area (Å²) in [6.45, 7) is 8.72. The summed E-state index contributed by atoms with van der Waals surface area (Å²) < 4.78 is 6.25. The molecule has 0 radical (unpaired) electrons. The lowest BCUT2D eigenvalue weighted by atomic mass is 9.93. The molecule has 0 aliphatic carbocycles. The molecule has 3 heteroatoms. The predicted molar refractivity (Wildman–Crippen MR) is 81.0 cm³/mol. The van der Waals surface area contributed by atoms with E-state index in [1.54, 1.807) is 0 Å². The maximum Gasteiger partial charge on any atom is 0.120 e. The maximum atomic E-state index is 6.25. The van der Waals surface area contributed by atoms with E-state index in [9.17, 15) is 0 Å². The van der Waals surface area contributed by atoms with Crippen molar-refractivity contribution >= 4 is 11.6 Å². The van der Waals surface area contributed by atoms with Crippen molar-refractivity contribution in [2.24, 2.45) is 11.8 Å². The topological polar surface area (TPSA) is 21.3 Å². The molecule has 2 rings (SSSR count). The summed E-state index contributed by atoms with van der Waals surface area (Å²) >= 11 is 6.06. The quantitative estimate of drug-likeness (QED) is 0.879. The van der Waals surface area contributed by atoms with Crippen LogP contribution in [0, 0.1) is 18.8 Å². The number of benzene rings is 1. The summed E-state index contributed by atoms with van der Waals surface area (Å²) in [6.07, 6.45) is 2.62. The van der Waals surface area contributed by atoms with E-state index in [1.165, 1.54) is 6.42 Å². The summed E-state index contributed by atoms with van der Waals surface area (Å²) in [4.78, 5) is 0. The minimum absolute atomic E-state index is 0.301. The van der Waals surface area contributed by atoms with Crippen LogP contribution in [0.25, 0.3) is 0 Å². The molecule has 1 heterocycles. The zero-order valence-electron chi connectivity index (χ0n) is 12.1. The first-order chi connectivity index (χ1) is 9.06. The molecule has 1 aromatic carbocycles. The minimum atomic E-state index is 0.301. The molecular formula is C16H24ClNO. The first-order valence-corrected chi connectivity index (χ1v) is 7.57. The zero-order valence-corrected chi connectivity index (χ0v) is 12.8. The van der Waals surface area contributed by atoms with E-state index in [4.69, 9.17) is 16.3 Å². The highest BCUT2D eigenvalue weighted by Gasteiger charge is 2.27. The van der Waals surface area contributed by atoms with Gasteiger partial charge in [-0.15, -0.1) is 0 Å². The highest BCUT2D eigenvalue weighted by atomic mass is 35.5. The van der Waals surface area contributed by atoms with E-state index >= 15 is 0 Å². The summed E-state index contributed by atoms with van der Waals surface area (Å²) in [5.74, 6) is 2.22. The first-order valence-electron chi connectivity index (χ1n) is 7.19. The Kier molecular flexibility index (Phi) is 5.12. The van der Waals surface area contributed by atoms with E-state index < -0.39 is 0 Å². The number of nitrogens with one attached hydrogen (secondary N) is 1. The Morgan fingerprint density at radius 1 is 1.42 bits per heavy atom. The van der Waals surface area contributed by atoms with Crippen LogP contribution >= 0.6 is 11.6 Å². The van der Waals surface area contributed by atoms with Crippen molar-refractivity contribution in [2.45, 2.75) is 39.7 Å². The number of halogens is 1. The average Bonchev–Trinajstić information content (AvgIpc) is 2.86. The molecule has 0 amide bonds. The van der Waals surface area contributed by atoms with E-state index in [0.717, 1.165) is 35.8 Å². The second kappa shape index (κ2) is 6.62. The van der Waals surface area contributed by atoms with Crippen LogP contribution in [0.5, 0.6) is 5.75 Å². The van der Waals surface area contributed by atoms with Gasteiger partial charge in [0.1, 0.15) is 11.9 Å². The fourth-order valence-electron chi connectivity index (χ4n) is 2.66. The molecule has 1 saturated heterocycles. The van der Waals surface area contributed by atoms with Gasteiger partial charge >= 0.3 is 0 Å². The number of rotatable bonds is 5. The lowest BCUT2D eigenvalue weighted by Gasteiger charge is -2.26. The van der Waals surface area contributed by atoms with Crippen molar-refractivity contribution in [1.82, 2.24) is 5.32 Å². The van der Waals surface area contributed by atoms with Gasteiger partial charge in [0.05, 0.1) is 0 Å².